The first-order chi connectivity index (χ1) is 10.1. The van der Waals surface area contributed by atoms with Crippen LogP contribution in [-0.2, 0) is 6.54 Å². The fourth-order valence-corrected chi connectivity index (χ4v) is 2.21. The molecular formula is C13H10N4O4. The lowest BCUT2D eigenvalue weighted by Crippen LogP contribution is -2.33. The van der Waals surface area contributed by atoms with Crippen LogP contribution in [0.2, 0.25) is 0 Å². The van der Waals surface area contributed by atoms with Gasteiger partial charge in [-0.1, -0.05) is 12.1 Å². The molecule has 0 aliphatic carbocycles. The van der Waals surface area contributed by atoms with Crippen LogP contribution in [0, 0.1) is 10.1 Å². The molecule has 0 saturated heterocycles. The maximum absolute atomic E-state index is 12.1. The van der Waals surface area contributed by atoms with E-state index in [0.29, 0.717) is 11.1 Å². The van der Waals surface area contributed by atoms with Crippen molar-refractivity contribution in [2.75, 3.05) is 6.54 Å². The Morgan fingerprint density at radius 2 is 1.71 bits per heavy atom. The Balaban J connectivity index is 1.73. The van der Waals surface area contributed by atoms with Gasteiger partial charge in [0.1, 0.15) is 12.4 Å². The molecule has 0 saturated carbocycles. The summed E-state index contributed by atoms with van der Waals surface area (Å²) in [4.78, 5) is 35.4. The van der Waals surface area contributed by atoms with Crippen LogP contribution < -0.4 is 0 Å². The first kappa shape index (κ1) is 13.0. The number of benzene rings is 1. The Bertz CT molecular complexity index is 717. The number of carbonyl (C=O) groups excluding carboxylic acids is 2. The predicted molar refractivity (Wildman–Crippen MR) is 70.7 cm³/mol. The zero-order valence-electron chi connectivity index (χ0n) is 10.8. The van der Waals surface area contributed by atoms with Gasteiger partial charge in [-0.25, -0.2) is 0 Å². The van der Waals surface area contributed by atoms with Crippen LogP contribution in [-0.4, -0.2) is 38.0 Å². The molecule has 1 aliphatic rings. The summed E-state index contributed by atoms with van der Waals surface area (Å²) in [6.07, 6.45) is 2.39. The van der Waals surface area contributed by atoms with Crippen molar-refractivity contribution in [2.24, 2.45) is 0 Å². The van der Waals surface area contributed by atoms with Gasteiger partial charge in [0.25, 0.3) is 11.8 Å². The minimum atomic E-state index is -0.550. The molecule has 3 rings (SSSR count). The van der Waals surface area contributed by atoms with Crippen LogP contribution in [0.5, 0.6) is 0 Å². The third kappa shape index (κ3) is 2.16. The monoisotopic (exact) mass is 286 g/mol. The van der Waals surface area contributed by atoms with Crippen molar-refractivity contribution >= 4 is 17.5 Å². The van der Waals surface area contributed by atoms with E-state index in [1.54, 1.807) is 24.3 Å². The second-order valence-corrected chi connectivity index (χ2v) is 4.53. The highest BCUT2D eigenvalue weighted by Crippen LogP contribution is 2.22. The highest BCUT2D eigenvalue weighted by molar-refractivity contribution is 6.21. The summed E-state index contributed by atoms with van der Waals surface area (Å²) >= 11 is 0. The number of carbonyl (C=O) groups is 2. The Hall–Kier alpha value is -3.03. The van der Waals surface area contributed by atoms with Gasteiger partial charge >= 0.3 is 5.69 Å². The van der Waals surface area contributed by atoms with Crippen LogP contribution in [0.15, 0.2) is 36.7 Å². The van der Waals surface area contributed by atoms with Gasteiger partial charge in [-0.15, -0.1) is 0 Å². The fraction of sp³-hybridized carbons (Fsp3) is 0.154. The van der Waals surface area contributed by atoms with Gasteiger partial charge in [-0.3, -0.25) is 29.3 Å². The van der Waals surface area contributed by atoms with Crippen molar-refractivity contribution in [2.45, 2.75) is 6.54 Å². The summed E-state index contributed by atoms with van der Waals surface area (Å²) < 4.78 is 1.34. The van der Waals surface area contributed by atoms with Gasteiger partial charge in [0.2, 0.25) is 0 Å². The molecule has 0 bridgehead atoms. The first-order valence-electron chi connectivity index (χ1n) is 6.20. The van der Waals surface area contributed by atoms with Gasteiger partial charge in [-0.05, 0) is 12.1 Å². The zero-order valence-corrected chi connectivity index (χ0v) is 10.8. The van der Waals surface area contributed by atoms with Gasteiger partial charge in [0, 0.05) is 6.54 Å². The first-order valence-corrected chi connectivity index (χ1v) is 6.20. The van der Waals surface area contributed by atoms with Crippen molar-refractivity contribution in [3.05, 3.63) is 57.9 Å². The number of nitro groups is 1. The van der Waals surface area contributed by atoms with Gasteiger partial charge in [-0.2, -0.15) is 5.10 Å². The van der Waals surface area contributed by atoms with Crippen molar-refractivity contribution in [3.63, 3.8) is 0 Å². The molecule has 106 valence electrons. The van der Waals surface area contributed by atoms with E-state index in [9.17, 15) is 19.7 Å². The highest BCUT2D eigenvalue weighted by atomic mass is 16.6. The molecule has 2 aromatic rings. The molecule has 1 aromatic carbocycles. The minimum absolute atomic E-state index is 0.116. The van der Waals surface area contributed by atoms with Crippen molar-refractivity contribution < 1.29 is 14.5 Å². The summed E-state index contributed by atoms with van der Waals surface area (Å²) in [5.41, 5.74) is 0.639. The van der Waals surface area contributed by atoms with E-state index in [1.165, 1.54) is 10.9 Å². The number of rotatable bonds is 4. The quantitative estimate of drug-likeness (QED) is 0.476. The van der Waals surface area contributed by atoms with Crippen LogP contribution in [0.1, 0.15) is 20.7 Å². The van der Waals surface area contributed by atoms with Crippen LogP contribution in [0.25, 0.3) is 0 Å². The molecule has 0 fully saturated rings. The second kappa shape index (κ2) is 4.82. The van der Waals surface area contributed by atoms with Gasteiger partial charge in [0.15, 0.2) is 0 Å². The van der Waals surface area contributed by atoms with Crippen LogP contribution >= 0.6 is 0 Å². The molecule has 1 aliphatic heterocycles. The number of nitrogens with zero attached hydrogens (tertiary/aromatic N) is 4. The summed E-state index contributed by atoms with van der Waals surface area (Å²) in [6.45, 7) is 0.324. The highest BCUT2D eigenvalue weighted by Gasteiger charge is 2.34. The third-order valence-corrected chi connectivity index (χ3v) is 3.26. The van der Waals surface area contributed by atoms with E-state index in [-0.39, 0.29) is 30.6 Å². The Kier molecular flexibility index (Phi) is 2.98. The molecule has 0 N–H and O–H groups in total. The Morgan fingerprint density at radius 1 is 1.10 bits per heavy atom. The van der Waals surface area contributed by atoms with E-state index in [2.05, 4.69) is 5.10 Å². The minimum Gasteiger partial charge on any atom is -0.272 e. The summed E-state index contributed by atoms with van der Waals surface area (Å²) in [7, 11) is 0. The van der Waals surface area contributed by atoms with Crippen LogP contribution in [0.4, 0.5) is 5.69 Å². The maximum Gasteiger partial charge on any atom is 0.306 e. The zero-order chi connectivity index (χ0) is 15.0. The van der Waals surface area contributed by atoms with E-state index in [4.69, 9.17) is 0 Å². The smallest absolute Gasteiger partial charge is 0.272 e. The maximum atomic E-state index is 12.1. The Labute approximate surface area is 118 Å². The van der Waals surface area contributed by atoms with Crippen molar-refractivity contribution in [1.29, 1.82) is 0 Å². The van der Waals surface area contributed by atoms with E-state index in [1.807, 2.05) is 0 Å². The number of hydrogen-bond donors (Lipinski definition) is 0. The average Bonchev–Trinajstić information content (AvgIpc) is 3.03. The summed E-state index contributed by atoms with van der Waals surface area (Å²) in [5.74, 6) is -0.700. The molecule has 0 spiro atoms. The molecule has 0 unspecified atom stereocenters. The SMILES string of the molecule is O=C1c2ccccc2C(=O)N1CCn1cc([N+](=O)[O-])cn1. The number of amides is 2. The molecule has 21 heavy (non-hydrogen) atoms. The Morgan fingerprint density at radius 3 is 2.24 bits per heavy atom. The summed E-state index contributed by atoms with van der Waals surface area (Å²) in [5, 5.41) is 14.4. The van der Waals surface area contributed by atoms with Crippen LogP contribution in [0.3, 0.4) is 0 Å². The third-order valence-electron chi connectivity index (χ3n) is 3.26. The topological polar surface area (TPSA) is 98.3 Å². The molecule has 0 atom stereocenters. The molecule has 2 amide bonds. The average molecular weight is 286 g/mol. The molecule has 0 radical (unpaired) electrons. The lowest BCUT2D eigenvalue weighted by atomic mass is 10.1. The van der Waals surface area contributed by atoms with Gasteiger partial charge in [0.05, 0.1) is 22.6 Å². The van der Waals surface area contributed by atoms with E-state index in [0.717, 1.165) is 11.1 Å². The molecule has 1 aromatic heterocycles. The number of aromatic nitrogens is 2. The van der Waals surface area contributed by atoms with Crippen molar-refractivity contribution in [1.82, 2.24) is 14.7 Å². The van der Waals surface area contributed by atoms with E-state index < -0.39 is 4.92 Å². The molecule has 2 heterocycles. The van der Waals surface area contributed by atoms with Crippen molar-refractivity contribution in [3.8, 4) is 0 Å². The molecular weight excluding hydrogens is 276 g/mol. The molecule has 8 heteroatoms. The number of imide groups is 1. The lowest BCUT2D eigenvalue weighted by Gasteiger charge is -2.13. The largest absolute Gasteiger partial charge is 0.306 e. The predicted octanol–water partition coefficient (Wildman–Crippen LogP) is 1.09. The standard InChI is InChI=1S/C13H10N4O4/c18-12-10-3-1-2-4-11(10)13(19)16(12)6-5-15-8-9(7-14-15)17(20)21/h1-4,7-8H,5-6H2. The lowest BCUT2D eigenvalue weighted by molar-refractivity contribution is -0.385. The fourth-order valence-electron chi connectivity index (χ4n) is 2.21. The van der Waals surface area contributed by atoms with E-state index >= 15 is 0 Å². The van der Waals surface area contributed by atoms with Gasteiger partial charge < -0.3 is 0 Å². The number of fused-ring (bicyclic) bond motifs is 1. The molecule has 8 nitrogen and oxygen atoms in total. The summed E-state index contributed by atoms with van der Waals surface area (Å²) in [6, 6.07) is 6.61. The normalized spacial score (nSPS) is 13.6. The number of hydrogen-bond acceptors (Lipinski definition) is 5. The second-order valence-electron chi connectivity index (χ2n) is 4.53.